The molecule has 0 saturated carbocycles. The highest BCUT2D eigenvalue weighted by atomic mass is 35.5. The molecule has 20 heavy (non-hydrogen) atoms. The van der Waals surface area contributed by atoms with Gasteiger partial charge >= 0.3 is 0 Å². The minimum absolute atomic E-state index is 0.187. The summed E-state index contributed by atoms with van der Waals surface area (Å²) in [5, 5.41) is 0.478. The van der Waals surface area contributed by atoms with E-state index in [1.165, 1.54) is 0 Å². The molecule has 2 heterocycles. The van der Waals surface area contributed by atoms with Crippen LogP contribution in [-0.4, -0.2) is 33.9 Å². The highest BCUT2D eigenvalue weighted by Crippen LogP contribution is 2.28. The van der Waals surface area contributed by atoms with Crippen molar-refractivity contribution >= 4 is 17.5 Å². The zero-order chi connectivity index (χ0) is 14.9. The van der Waals surface area contributed by atoms with E-state index in [0.717, 1.165) is 30.9 Å². The Labute approximate surface area is 125 Å². The summed E-state index contributed by atoms with van der Waals surface area (Å²) < 4.78 is 0. The molecule has 1 aliphatic heterocycles. The number of halogens is 1. The number of piperidine rings is 1. The van der Waals surface area contributed by atoms with Crippen LogP contribution >= 0.6 is 11.6 Å². The molecule has 0 bridgehead atoms. The molecule has 1 saturated heterocycles. The number of amides is 1. The topological polar surface area (TPSA) is 46.1 Å². The number of likely N-dealkylation sites (tertiary alicyclic amines) is 1. The predicted octanol–water partition coefficient (Wildman–Crippen LogP) is 3.19. The van der Waals surface area contributed by atoms with E-state index in [-0.39, 0.29) is 17.2 Å². The van der Waals surface area contributed by atoms with Gasteiger partial charge in [-0.2, -0.15) is 0 Å². The molecule has 0 radical (unpaired) electrons. The second-order valence-electron chi connectivity index (χ2n) is 6.53. The first-order valence-corrected chi connectivity index (χ1v) is 7.45. The number of rotatable bonds is 1. The van der Waals surface area contributed by atoms with Crippen molar-refractivity contribution in [3.05, 3.63) is 22.7 Å². The van der Waals surface area contributed by atoms with Gasteiger partial charge in [0.25, 0.3) is 0 Å². The fourth-order valence-corrected chi connectivity index (χ4v) is 2.83. The monoisotopic (exact) mass is 295 g/mol. The van der Waals surface area contributed by atoms with E-state index in [1.807, 2.05) is 32.6 Å². The Balaban J connectivity index is 2.16. The molecule has 0 N–H and O–H groups in total. The maximum absolute atomic E-state index is 12.4. The summed E-state index contributed by atoms with van der Waals surface area (Å²) in [6.07, 6.45) is 2.00. The zero-order valence-corrected chi connectivity index (χ0v) is 13.4. The smallest absolute Gasteiger partial charge is 0.227 e. The number of hydrogen-bond acceptors (Lipinski definition) is 3. The lowest BCUT2D eigenvalue weighted by molar-refractivity contribution is -0.140. The number of carbonyl (C=O) groups excluding carboxylic acids is 1. The molecule has 4 nitrogen and oxygen atoms in total. The Bertz CT molecular complexity index is 490. The van der Waals surface area contributed by atoms with Crippen molar-refractivity contribution in [2.24, 2.45) is 5.41 Å². The molecule has 2 rings (SSSR count). The van der Waals surface area contributed by atoms with Gasteiger partial charge in [-0.1, -0.05) is 32.4 Å². The van der Waals surface area contributed by atoms with Gasteiger partial charge in [0, 0.05) is 30.1 Å². The van der Waals surface area contributed by atoms with Gasteiger partial charge in [-0.05, 0) is 25.8 Å². The van der Waals surface area contributed by atoms with E-state index in [2.05, 4.69) is 9.97 Å². The van der Waals surface area contributed by atoms with Crippen LogP contribution in [0.1, 0.15) is 51.0 Å². The minimum atomic E-state index is -0.340. The molecule has 0 aromatic carbocycles. The number of hydrogen-bond donors (Lipinski definition) is 0. The summed E-state index contributed by atoms with van der Waals surface area (Å²) in [7, 11) is 0. The van der Waals surface area contributed by atoms with Crippen LogP contribution in [0.25, 0.3) is 0 Å². The Morgan fingerprint density at radius 2 is 2.10 bits per heavy atom. The first-order valence-electron chi connectivity index (χ1n) is 7.08. The molecule has 1 atom stereocenters. The Morgan fingerprint density at radius 1 is 1.40 bits per heavy atom. The van der Waals surface area contributed by atoms with Crippen LogP contribution in [-0.2, 0) is 4.79 Å². The molecule has 0 spiro atoms. The summed E-state index contributed by atoms with van der Waals surface area (Å²) in [4.78, 5) is 23.1. The van der Waals surface area contributed by atoms with Gasteiger partial charge in [0.1, 0.15) is 11.0 Å². The first kappa shape index (κ1) is 15.2. The lowest BCUT2D eigenvalue weighted by Crippen LogP contribution is -2.44. The average molecular weight is 296 g/mol. The number of carbonyl (C=O) groups is 1. The molecular weight excluding hydrogens is 274 g/mol. The average Bonchev–Trinajstić information content (AvgIpc) is 2.36. The molecule has 110 valence electrons. The minimum Gasteiger partial charge on any atom is -0.342 e. The Kier molecular flexibility index (Phi) is 4.33. The highest BCUT2D eigenvalue weighted by molar-refractivity contribution is 6.29. The third-order valence-electron chi connectivity index (χ3n) is 3.56. The first-order chi connectivity index (χ1) is 9.27. The normalized spacial score (nSPS) is 20.1. The standard InChI is InChI=1S/C15H22ClN3O/c1-10-8-12(16)18-13(17-10)11-6-5-7-19(9-11)14(20)15(2,3)4/h8,11H,5-7,9H2,1-4H3. The van der Waals surface area contributed by atoms with Crippen LogP contribution < -0.4 is 0 Å². The van der Waals surface area contributed by atoms with Crippen LogP contribution in [0.5, 0.6) is 0 Å². The molecule has 1 aromatic heterocycles. The van der Waals surface area contributed by atoms with E-state index in [9.17, 15) is 4.79 Å². The van der Waals surface area contributed by atoms with E-state index >= 15 is 0 Å². The lowest BCUT2D eigenvalue weighted by atomic mass is 9.91. The largest absolute Gasteiger partial charge is 0.342 e. The molecule has 0 aliphatic carbocycles. The third-order valence-corrected chi connectivity index (χ3v) is 3.75. The predicted molar refractivity (Wildman–Crippen MR) is 79.8 cm³/mol. The van der Waals surface area contributed by atoms with Gasteiger partial charge in [0.05, 0.1) is 0 Å². The summed E-state index contributed by atoms with van der Waals surface area (Å²) >= 11 is 6.01. The maximum atomic E-state index is 12.4. The molecule has 1 amide bonds. The third kappa shape index (κ3) is 3.48. The molecule has 1 fully saturated rings. The Morgan fingerprint density at radius 3 is 2.70 bits per heavy atom. The molecule has 5 heteroatoms. The van der Waals surface area contributed by atoms with Gasteiger partial charge in [-0.3, -0.25) is 4.79 Å². The van der Waals surface area contributed by atoms with E-state index in [0.29, 0.717) is 11.7 Å². The summed E-state index contributed by atoms with van der Waals surface area (Å²) in [5.41, 5.74) is 0.534. The molecule has 1 aromatic rings. The van der Waals surface area contributed by atoms with Crippen LogP contribution in [0, 0.1) is 12.3 Å². The van der Waals surface area contributed by atoms with Gasteiger partial charge in [-0.15, -0.1) is 0 Å². The van der Waals surface area contributed by atoms with Crippen molar-refractivity contribution in [3.8, 4) is 0 Å². The van der Waals surface area contributed by atoms with Crippen LogP contribution in [0.3, 0.4) is 0 Å². The quantitative estimate of drug-likeness (QED) is 0.748. The number of nitrogens with zero attached hydrogens (tertiary/aromatic N) is 3. The van der Waals surface area contributed by atoms with Crippen LogP contribution in [0.4, 0.5) is 0 Å². The Hall–Kier alpha value is -1.16. The van der Waals surface area contributed by atoms with Crippen molar-refractivity contribution in [1.29, 1.82) is 0 Å². The van der Waals surface area contributed by atoms with Crippen LogP contribution in [0.2, 0.25) is 5.15 Å². The fraction of sp³-hybridized carbons (Fsp3) is 0.667. The second-order valence-corrected chi connectivity index (χ2v) is 6.92. The van der Waals surface area contributed by atoms with Gasteiger partial charge in [0.15, 0.2) is 0 Å². The van der Waals surface area contributed by atoms with Crippen molar-refractivity contribution in [1.82, 2.24) is 14.9 Å². The van der Waals surface area contributed by atoms with E-state index in [1.54, 1.807) is 6.07 Å². The highest BCUT2D eigenvalue weighted by Gasteiger charge is 2.32. The summed E-state index contributed by atoms with van der Waals surface area (Å²) in [5.74, 6) is 1.15. The van der Waals surface area contributed by atoms with Crippen molar-refractivity contribution in [3.63, 3.8) is 0 Å². The van der Waals surface area contributed by atoms with Gasteiger partial charge < -0.3 is 4.90 Å². The summed E-state index contributed by atoms with van der Waals surface area (Å²) in [6.45, 7) is 9.30. The molecule has 1 unspecified atom stereocenters. The van der Waals surface area contributed by atoms with Crippen molar-refractivity contribution < 1.29 is 4.79 Å². The second kappa shape index (κ2) is 5.68. The zero-order valence-electron chi connectivity index (χ0n) is 12.6. The number of aryl methyl sites for hydroxylation is 1. The van der Waals surface area contributed by atoms with E-state index < -0.39 is 0 Å². The van der Waals surface area contributed by atoms with Gasteiger partial charge in [0.2, 0.25) is 5.91 Å². The van der Waals surface area contributed by atoms with Crippen molar-refractivity contribution in [2.45, 2.75) is 46.5 Å². The summed E-state index contributed by atoms with van der Waals surface area (Å²) in [6, 6.07) is 1.76. The maximum Gasteiger partial charge on any atom is 0.227 e. The SMILES string of the molecule is Cc1cc(Cl)nc(C2CCCN(C(=O)C(C)(C)C)C2)n1. The van der Waals surface area contributed by atoms with Crippen molar-refractivity contribution in [2.75, 3.05) is 13.1 Å². The van der Waals surface area contributed by atoms with E-state index in [4.69, 9.17) is 11.6 Å². The fourth-order valence-electron chi connectivity index (χ4n) is 2.58. The van der Waals surface area contributed by atoms with Crippen LogP contribution in [0.15, 0.2) is 6.07 Å². The lowest BCUT2D eigenvalue weighted by Gasteiger charge is -2.36. The molecular formula is C15H22ClN3O. The molecule has 1 aliphatic rings. The number of aromatic nitrogens is 2. The van der Waals surface area contributed by atoms with Gasteiger partial charge in [-0.25, -0.2) is 9.97 Å².